The number of amides is 3. The summed E-state index contributed by atoms with van der Waals surface area (Å²) in [5, 5.41) is 2.47. The molecule has 35 heavy (non-hydrogen) atoms. The summed E-state index contributed by atoms with van der Waals surface area (Å²) in [6.45, 7) is 3.23. The van der Waals surface area contributed by atoms with Gasteiger partial charge in [0.1, 0.15) is 11.5 Å². The molecule has 0 aliphatic carbocycles. The maximum Gasteiger partial charge on any atom is 0.261 e. The molecule has 0 saturated carbocycles. The zero-order valence-corrected chi connectivity index (χ0v) is 21.9. The van der Waals surface area contributed by atoms with Crippen LogP contribution in [-0.2, 0) is 16.1 Å². The number of halogens is 1. The third-order valence-electron chi connectivity index (χ3n) is 5.48. The molecule has 3 amide bonds. The highest BCUT2D eigenvalue weighted by Gasteiger charge is 2.34. The molecule has 2 aromatic rings. The molecule has 2 heterocycles. The van der Waals surface area contributed by atoms with Gasteiger partial charge in [-0.25, -0.2) is 0 Å². The largest absolute Gasteiger partial charge is 0.493 e. The van der Waals surface area contributed by atoms with Crippen LogP contribution in [0.15, 0.2) is 45.5 Å². The highest BCUT2D eigenvalue weighted by Crippen LogP contribution is 2.24. The number of hydrogen-bond acceptors (Lipinski definition) is 6. The number of hydrazine groups is 1. The molecule has 1 fully saturated rings. The van der Waals surface area contributed by atoms with E-state index in [1.165, 1.54) is 6.26 Å². The molecule has 1 saturated heterocycles. The maximum absolute atomic E-state index is 12.8. The zero-order chi connectivity index (χ0) is 25.2. The molecule has 188 valence electrons. The minimum Gasteiger partial charge on any atom is -0.493 e. The van der Waals surface area contributed by atoms with E-state index in [0.29, 0.717) is 30.2 Å². The summed E-state index contributed by atoms with van der Waals surface area (Å²) in [5.74, 6) is -0.429. The Kier molecular flexibility index (Phi) is 10.1. The summed E-state index contributed by atoms with van der Waals surface area (Å²) < 4.78 is 11.8. The third-order valence-corrected chi connectivity index (χ3v) is 6.18. The van der Waals surface area contributed by atoms with Crippen molar-refractivity contribution in [3.63, 3.8) is 0 Å². The second-order valence-corrected chi connectivity index (χ2v) is 9.53. The topological polar surface area (TPSA) is 113 Å². The molecule has 0 bridgehead atoms. The number of furan rings is 1. The van der Waals surface area contributed by atoms with Crippen LogP contribution in [0.5, 0.6) is 5.75 Å². The van der Waals surface area contributed by atoms with Crippen LogP contribution < -0.4 is 20.9 Å². The number of carbonyl (C=O) groups excluding carboxylic acids is 3. The fraction of sp³-hybridized carbons (Fsp3) is 0.417. The van der Waals surface area contributed by atoms with Gasteiger partial charge in [0.05, 0.1) is 30.9 Å². The number of rotatable bonds is 10. The fourth-order valence-corrected chi connectivity index (χ4v) is 4.13. The summed E-state index contributed by atoms with van der Waals surface area (Å²) in [5.41, 5.74) is 5.33. The Balaban J connectivity index is 1.47. The molecule has 1 atom stereocenters. The van der Waals surface area contributed by atoms with Crippen LogP contribution in [0.2, 0.25) is 0 Å². The second-order valence-electron chi connectivity index (χ2n) is 8.20. The monoisotopic (exact) mass is 564 g/mol. The first-order valence-electron chi connectivity index (χ1n) is 11.5. The van der Waals surface area contributed by atoms with Gasteiger partial charge in [0.2, 0.25) is 11.8 Å². The van der Waals surface area contributed by atoms with Gasteiger partial charge >= 0.3 is 0 Å². The first-order chi connectivity index (χ1) is 16.9. The minimum atomic E-state index is -0.541. The van der Waals surface area contributed by atoms with E-state index >= 15 is 0 Å². The standard InChI is InChI=1S/C24H29BrN4O5S/c1-2-3-4-5-10-34-20-9-8-17(25)13-19(20)23(32)26-24(35)28-27-22(31)16-12-21(30)29(14-16)15-18-7-6-11-33-18/h6-9,11,13,16H,2-5,10,12,14-15H2,1H3,(H,27,31)(H2,26,28,32,35). The van der Waals surface area contributed by atoms with Crippen molar-refractivity contribution in [3.8, 4) is 5.75 Å². The van der Waals surface area contributed by atoms with Crippen LogP contribution in [-0.4, -0.2) is 40.9 Å². The number of nitrogens with zero attached hydrogens (tertiary/aromatic N) is 1. The van der Waals surface area contributed by atoms with Crippen molar-refractivity contribution in [3.05, 3.63) is 52.4 Å². The lowest BCUT2D eigenvalue weighted by Crippen LogP contribution is -2.50. The van der Waals surface area contributed by atoms with Crippen LogP contribution in [0.4, 0.5) is 0 Å². The van der Waals surface area contributed by atoms with Gasteiger partial charge in [0, 0.05) is 17.4 Å². The highest BCUT2D eigenvalue weighted by molar-refractivity contribution is 9.10. The Hall–Kier alpha value is -2.92. The molecule has 1 aliphatic rings. The van der Waals surface area contributed by atoms with Crippen molar-refractivity contribution in [1.82, 2.24) is 21.1 Å². The van der Waals surface area contributed by atoms with Gasteiger partial charge < -0.3 is 14.1 Å². The van der Waals surface area contributed by atoms with E-state index in [1.54, 1.807) is 35.2 Å². The first kappa shape index (κ1) is 26.7. The number of ether oxygens (including phenoxy) is 1. The van der Waals surface area contributed by atoms with Gasteiger partial charge in [-0.15, -0.1) is 0 Å². The van der Waals surface area contributed by atoms with E-state index in [2.05, 4.69) is 39.0 Å². The molecule has 1 aromatic heterocycles. The van der Waals surface area contributed by atoms with Gasteiger partial charge in [-0.3, -0.25) is 30.6 Å². The number of unbranched alkanes of at least 4 members (excludes halogenated alkanes) is 3. The third kappa shape index (κ3) is 8.07. The van der Waals surface area contributed by atoms with Crippen molar-refractivity contribution in [2.75, 3.05) is 13.2 Å². The smallest absolute Gasteiger partial charge is 0.261 e. The molecule has 11 heteroatoms. The number of hydrogen-bond donors (Lipinski definition) is 3. The van der Waals surface area contributed by atoms with Crippen molar-refractivity contribution in [1.29, 1.82) is 0 Å². The highest BCUT2D eigenvalue weighted by atomic mass is 79.9. The van der Waals surface area contributed by atoms with Crippen LogP contribution in [0.3, 0.4) is 0 Å². The van der Waals surface area contributed by atoms with E-state index in [-0.39, 0.29) is 24.0 Å². The second kappa shape index (κ2) is 13.2. The molecule has 1 unspecified atom stereocenters. The van der Waals surface area contributed by atoms with E-state index < -0.39 is 17.7 Å². The number of carbonyl (C=O) groups is 3. The van der Waals surface area contributed by atoms with Crippen molar-refractivity contribution in [2.45, 2.75) is 45.6 Å². The van der Waals surface area contributed by atoms with E-state index in [4.69, 9.17) is 21.4 Å². The molecule has 1 aromatic carbocycles. The Morgan fingerprint density at radius 3 is 2.80 bits per heavy atom. The van der Waals surface area contributed by atoms with Gasteiger partial charge in [0.25, 0.3) is 5.91 Å². The van der Waals surface area contributed by atoms with Crippen molar-refractivity contribution < 1.29 is 23.5 Å². The lowest BCUT2D eigenvalue weighted by molar-refractivity contribution is -0.129. The SMILES string of the molecule is CCCCCCOc1ccc(Br)cc1C(=O)NC(=S)NNC(=O)C1CC(=O)N(Cc2ccco2)C1. The maximum atomic E-state index is 12.8. The van der Waals surface area contributed by atoms with Gasteiger partial charge in [-0.05, 0) is 49.0 Å². The summed E-state index contributed by atoms with van der Waals surface area (Å²) in [4.78, 5) is 39.1. The summed E-state index contributed by atoms with van der Waals surface area (Å²) >= 11 is 8.53. The predicted octanol–water partition coefficient (Wildman–Crippen LogP) is 3.69. The normalized spacial score (nSPS) is 15.1. The van der Waals surface area contributed by atoms with Crippen molar-refractivity contribution in [2.24, 2.45) is 5.92 Å². The number of benzene rings is 1. The van der Waals surface area contributed by atoms with Crippen LogP contribution in [0.1, 0.15) is 55.1 Å². The average molecular weight is 565 g/mol. The minimum absolute atomic E-state index is 0.0750. The van der Waals surface area contributed by atoms with Crippen LogP contribution in [0.25, 0.3) is 0 Å². The quantitative estimate of drug-likeness (QED) is 0.229. The average Bonchev–Trinajstić information content (AvgIpc) is 3.48. The molecule has 0 radical (unpaired) electrons. The lowest BCUT2D eigenvalue weighted by Gasteiger charge is -2.16. The van der Waals surface area contributed by atoms with Gasteiger partial charge in [0.15, 0.2) is 5.11 Å². The predicted molar refractivity (Wildman–Crippen MR) is 137 cm³/mol. The van der Waals surface area contributed by atoms with Gasteiger partial charge in [-0.2, -0.15) is 0 Å². The van der Waals surface area contributed by atoms with E-state index in [0.717, 1.165) is 30.2 Å². The Labute approximate surface area is 218 Å². The molecule has 0 spiro atoms. The summed E-state index contributed by atoms with van der Waals surface area (Å²) in [6.07, 6.45) is 5.86. The van der Waals surface area contributed by atoms with Crippen molar-refractivity contribution >= 4 is 51.0 Å². The number of thiocarbonyl (C=S) groups is 1. The van der Waals surface area contributed by atoms with E-state index in [1.807, 2.05) is 0 Å². The Morgan fingerprint density at radius 1 is 1.23 bits per heavy atom. The molecule has 3 rings (SSSR count). The summed E-state index contributed by atoms with van der Waals surface area (Å²) in [7, 11) is 0. The Morgan fingerprint density at radius 2 is 2.06 bits per heavy atom. The molecule has 1 aliphatic heterocycles. The van der Waals surface area contributed by atoms with Gasteiger partial charge in [-0.1, -0.05) is 42.1 Å². The lowest BCUT2D eigenvalue weighted by atomic mass is 10.1. The molecule has 9 nitrogen and oxygen atoms in total. The Bertz CT molecular complexity index is 1050. The molecular weight excluding hydrogens is 536 g/mol. The molecule has 3 N–H and O–H groups in total. The van der Waals surface area contributed by atoms with Crippen LogP contribution in [0, 0.1) is 5.92 Å². The number of nitrogens with one attached hydrogen (secondary N) is 3. The zero-order valence-electron chi connectivity index (χ0n) is 19.5. The van der Waals surface area contributed by atoms with E-state index in [9.17, 15) is 14.4 Å². The molecular formula is C24H29BrN4O5S. The summed E-state index contributed by atoms with van der Waals surface area (Å²) in [6, 6.07) is 8.69. The number of likely N-dealkylation sites (tertiary alicyclic amines) is 1. The first-order valence-corrected chi connectivity index (χ1v) is 12.7. The fourth-order valence-electron chi connectivity index (χ4n) is 3.63. The van der Waals surface area contributed by atoms with Crippen LogP contribution >= 0.6 is 28.1 Å².